The lowest BCUT2D eigenvalue weighted by Crippen LogP contribution is -2.41. The predicted molar refractivity (Wildman–Crippen MR) is 134 cm³/mol. The summed E-state index contributed by atoms with van der Waals surface area (Å²) in [5.41, 5.74) is 3.92. The van der Waals surface area contributed by atoms with Gasteiger partial charge in [0.2, 0.25) is 0 Å². The van der Waals surface area contributed by atoms with Gasteiger partial charge >= 0.3 is 0 Å². The van der Waals surface area contributed by atoms with E-state index < -0.39 is 21.8 Å². The highest BCUT2D eigenvalue weighted by atomic mass is 32.2. The summed E-state index contributed by atoms with van der Waals surface area (Å²) >= 11 is 0. The topological polar surface area (TPSA) is 84.7 Å². The van der Waals surface area contributed by atoms with E-state index in [1.165, 1.54) is 11.6 Å². The summed E-state index contributed by atoms with van der Waals surface area (Å²) in [6.45, 7) is 10.4. The number of rotatable bonds is 4. The van der Waals surface area contributed by atoms with Crippen molar-refractivity contribution in [1.29, 1.82) is 0 Å². The van der Waals surface area contributed by atoms with Crippen LogP contribution in [0.15, 0.2) is 51.7 Å². The standard InChI is InChI=1S/C27H31NO5S/c1-17-6-11-22-23(29)14-24(33-25(22)18(17)2)26(30)28(21-12-13-34(31,32)16-21)15-19-7-9-20(10-8-19)27(3,4)5/h6-11,14,21H,12-13,15-16H2,1-5H3/t21-/m1/s1. The van der Waals surface area contributed by atoms with Crippen LogP contribution in [-0.2, 0) is 21.8 Å². The largest absolute Gasteiger partial charge is 0.450 e. The van der Waals surface area contributed by atoms with E-state index in [1.54, 1.807) is 11.0 Å². The molecule has 2 aromatic carbocycles. The Bertz CT molecular complexity index is 1410. The zero-order valence-corrected chi connectivity index (χ0v) is 21.2. The first-order valence-corrected chi connectivity index (χ1v) is 13.3. The summed E-state index contributed by atoms with van der Waals surface area (Å²) in [7, 11) is -3.22. The molecule has 0 N–H and O–H groups in total. The van der Waals surface area contributed by atoms with Crippen LogP contribution in [0.1, 0.15) is 60.0 Å². The van der Waals surface area contributed by atoms with E-state index in [-0.39, 0.29) is 34.7 Å². The van der Waals surface area contributed by atoms with Crippen LogP contribution in [0.2, 0.25) is 0 Å². The fourth-order valence-corrected chi connectivity index (χ4v) is 6.12. The monoisotopic (exact) mass is 481 g/mol. The molecule has 0 aliphatic carbocycles. The van der Waals surface area contributed by atoms with Gasteiger partial charge in [-0.1, -0.05) is 51.1 Å². The minimum Gasteiger partial charge on any atom is -0.450 e. The Morgan fingerprint density at radius 1 is 1.09 bits per heavy atom. The Labute approximate surface area is 200 Å². The smallest absolute Gasteiger partial charge is 0.290 e. The van der Waals surface area contributed by atoms with E-state index in [0.29, 0.717) is 17.4 Å². The van der Waals surface area contributed by atoms with Crippen molar-refractivity contribution < 1.29 is 17.6 Å². The lowest BCUT2D eigenvalue weighted by Gasteiger charge is -2.28. The van der Waals surface area contributed by atoms with Gasteiger partial charge in [-0.05, 0) is 54.0 Å². The molecule has 34 heavy (non-hydrogen) atoms. The molecule has 4 rings (SSSR count). The third-order valence-electron chi connectivity index (χ3n) is 6.71. The summed E-state index contributed by atoms with van der Waals surface area (Å²) in [5, 5.41) is 0.424. The molecular weight excluding hydrogens is 450 g/mol. The van der Waals surface area contributed by atoms with Crippen LogP contribution < -0.4 is 5.43 Å². The number of carbonyl (C=O) groups excluding carboxylic acids is 1. The van der Waals surface area contributed by atoms with E-state index in [4.69, 9.17) is 4.42 Å². The summed E-state index contributed by atoms with van der Waals surface area (Å²) in [6.07, 6.45) is 0.365. The van der Waals surface area contributed by atoms with Crippen molar-refractivity contribution in [2.75, 3.05) is 11.5 Å². The van der Waals surface area contributed by atoms with Gasteiger partial charge in [-0.2, -0.15) is 0 Å². The quantitative estimate of drug-likeness (QED) is 0.546. The SMILES string of the molecule is Cc1ccc2c(=O)cc(C(=O)N(Cc3ccc(C(C)(C)C)cc3)[C@@H]3CCS(=O)(=O)C3)oc2c1C. The number of benzene rings is 2. The van der Waals surface area contributed by atoms with Gasteiger partial charge in [0.25, 0.3) is 5.91 Å². The third kappa shape index (κ3) is 4.80. The van der Waals surface area contributed by atoms with Gasteiger partial charge in [0.15, 0.2) is 21.0 Å². The van der Waals surface area contributed by atoms with E-state index in [1.807, 2.05) is 44.2 Å². The maximum atomic E-state index is 13.7. The first kappa shape index (κ1) is 24.2. The van der Waals surface area contributed by atoms with Gasteiger partial charge in [0, 0.05) is 18.7 Å². The van der Waals surface area contributed by atoms with E-state index in [2.05, 4.69) is 20.8 Å². The molecule has 1 fully saturated rings. The first-order chi connectivity index (χ1) is 15.9. The highest BCUT2D eigenvalue weighted by molar-refractivity contribution is 7.91. The van der Waals surface area contributed by atoms with Crippen LogP contribution in [0, 0.1) is 13.8 Å². The first-order valence-electron chi connectivity index (χ1n) is 11.5. The lowest BCUT2D eigenvalue weighted by molar-refractivity contribution is 0.0648. The molecule has 180 valence electrons. The molecule has 1 amide bonds. The highest BCUT2D eigenvalue weighted by Gasteiger charge is 2.36. The van der Waals surface area contributed by atoms with Crippen molar-refractivity contribution in [1.82, 2.24) is 4.90 Å². The van der Waals surface area contributed by atoms with Crippen molar-refractivity contribution in [2.24, 2.45) is 0 Å². The van der Waals surface area contributed by atoms with Crippen molar-refractivity contribution in [3.63, 3.8) is 0 Å². The van der Waals surface area contributed by atoms with E-state index in [9.17, 15) is 18.0 Å². The highest BCUT2D eigenvalue weighted by Crippen LogP contribution is 2.26. The number of hydrogen-bond donors (Lipinski definition) is 0. The van der Waals surface area contributed by atoms with Crippen molar-refractivity contribution >= 4 is 26.7 Å². The molecule has 2 heterocycles. The number of amides is 1. The van der Waals surface area contributed by atoms with Crippen molar-refractivity contribution in [3.05, 3.63) is 80.7 Å². The number of hydrogen-bond acceptors (Lipinski definition) is 5. The van der Waals surface area contributed by atoms with Gasteiger partial charge in [-0.25, -0.2) is 8.42 Å². The van der Waals surface area contributed by atoms with Crippen LogP contribution in [-0.4, -0.2) is 36.8 Å². The molecule has 0 spiro atoms. The molecular formula is C27H31NO5S. The maximum Gasteiger partial charge on any atom is 0.290 e. The van der Waals surface area contributed by atoms with Gasteiger partial charge in [0.05, 0.1) is 16.9 Å². The average molecular weight is 482 g/mol. The zero-order chi connectivity index (χ0) is 24.8. The van der Waals surface area contributed by atoms with Crippen LogP contribution in [0.5, 0.6) is 0 Å². The zero-order valence-electron chi connectivity index (χ0n) is 20.3. The molecule has 1 aromatic heterocycles. The number of sulfone groups is 1. The van der Waals surface area contributed by atoms with Crippen molar-refractivity contribution in [2.45, 2.75) is 59.0 Å². The number of fused-ring (bicyclic) bond motifs is 1. The van der Waals surface area contributed by atoms with Crippen molar-refractivity contribution in [3.8, 4) is 0 Å². The Morgan fingerprint density at radius 2 is 1.76 bits per heavy atom. The van der Waals surface area contributed by atoms with Crippen LogP contribution in [0.25, 0.3) is 11.0 Å². The molecule has 0 radical (unpaired) electrons. The van der Waals surface area contributed by atoms with Gasteiger partial charge in [0.1, 0.15) is 5.58 Å². The summed E-state index contributed by atoms with van der Waals surface area (Å²) in [4.78, 5) is 28.0. The summed E-state index contributed by atoms with van der Waals surface area (Å²) in [5.74, 6) is -0.581. The average Bonchev–Trinajstić information content (AvgIpc) is 3.13. The fourth-order valence-electron chi connectivity index (χ4n) is 4.39. The molecule has 7 heteroatoms. The van der Waals surface area contributed by atoms with Crippen LogP contribution >= 0.6 is 0 Å². The molecule has 6 nitrogen and oxygen atoms in total. The second-order valence-corrected chi connectivity index (χ2v) is 12.5. The molecule has 3 aromatic rings. The summed E-state index contributed by atoms with van der Waals surface area (Å²) < 4.78 is 30.4. The second kappa shape index (κ2) is 8.69. The maximum absolute atomic E-state index is 13.7. The Morgan fingerprint density at radius 3 is 2.35 bits per heavy atom. The predicted octanol–water partition coefficient (Wildman–Crippen LogP) is 4.54. The molecule has 1 atom stereocenters. The van der Waals surface area contributed by atoms with Gasteiger partial charge in [-0.15, -0.1) is 0 Å². The Balaban J connectivity index is 1.74. The summed E-state index contributed by atoms with van der Waals surface area (Å²) in [6, 6.07) is 12.3. The second-order valence-electron chi connectivity index (χ2n) is 10.3. The Hall–Kier alpha value is -2.93. The minimum atomic E-state index is -3.22. The molecule has 0 bridgehead atoms. The third-order valence-corrected chi connectivity index (χ3v) is 8.46. The van der Waals surface area contributed by atoms with Gasteiger partial charge < -0.3 is 9.32 Å². The number of carbonyl (C=O) groups is 1. The van der Waals surface area contributed by atoms with E-state index >= 15 is 0 Å². The Kier molecular flexibility index (Phi) is 6.19. The molecule has 1 aliphatic heterocycles. The normalized spacial score (nSPS) is 17.7. The molecule has 1 saturated heterocycles. The van der Waals surface area contributed by atoms with Gasteiger partial charge in [-0.3, -0.25) is 9.59 Å². The fraction of sp³-hybridized carbons (Fsp3) is 0.407. The number of nitrogens with zero attached hydrogens (tertiary/aromatic N) is 1. The van der Waals surface area contributed by atoms with E-state index in [0.717, 1.165) is 16.7 Å². The van der Waals surface area contributed by atoms with Crippen LogP contribution in [0.4, 0.5) is 0 Å². The molecule has 0 unspecified atom stereocenters. The molecule has 0 saturated carbocycles. The lowest BCUT2D eigenvalue weighted by atomic mass is 9.86. The minimum absolute atomic E-state index is 0.00192. The van der Waals surface area contributed by atoms with Crippen LogP contribution in [0.3, 0.4) is 0 Å². The molecule has 1 aliphatic rings. The number of aryl methyl sites for hydroxylation is 2.